The van der Waals surface area contributed by atoms with Gasteiger partial charge in [-0.3, -0.25) is 4.98 Å². The van der Waals surface area contributed by atoms with E-state index in [1.165, 1.54) is 0 Å². The fourth-order valence-corrected chi connectivity index (χ4v) is 0.923. The van der Waals surface area contributed by atoms with Crippen LogP contribution in [0, 0.1) is 0 Å². The van der Waals surface area contributed by atoms with Gasteiger partial charge < -0.3 is 11.5 Å². The van der Waals surface area contributed by atoms with E-state index < -0.39 is 0 Å². The van der Waals surface area contributed by atoms with E-state index in [0.717, 1.165) is 12.1 Å². The molecule has 0 amide bonds. The number of nitrogens with two attached hydrogens (primary N) is 2. The largest absolute Gasteiger partial charge is 0.330 e. The Morgan fingerprint density at radius 3 is 2.82 bits per heavy atom. The Bertz CT molecular complexity index is 198. The SMILES string of the molecule is NCCC(N)c1ccccn1. The van der Waals surface area contributed by atoms with Crippen LogP contribution in [-0.2, 0) is 0 Å². The smallest absolute Gasteiger partial charge is 0.0571 e. The molecule has 4 N–H and O–H groups in total. The van der Waals surface area contributed by atoms with Gasteiger partial charge in [-0.25, -0.2) is 0 Å². The molecule has 3 heteroatoms. The van der Waals surface area contributed by atoms with Crippen molar-refractivity contribution in [1.82, 2.24) is 4.98 Å². The van der Waals surface area contributed by atoms with Gasteiger partial charge in [-0.15, -0.1) is 0 Å². The second-order valence-electron chi connectivity index (χ2n) is 2.44. The zero-order valence-electron chi connectivity index (χ0n) is 6.40. The van der Waals surface area contributed by atoms with Crippen LogP contribution in [0.2, 0.25) is 0 Å². The van der Waals surface area contributed by atoms with Crippen LogP contribution in [0.4, 0.5) is 0 Å². The molecule has 0 aromatic carbocycles. The van der Waals surface area contributed by atoms with Crippen LogP contribution in [0.15, 0.2) is 24.4 Å². The minimum atomic E-state index is -0.0128. The van der Waals surface area contributed by atoms with Gasteiger partial charge in [0.15, 0.2) is 0 Å². The van der Waals surface area contributed by atoms with Gasteiger partial charge >= 0.3 is 0 Å². The summed E-state index contributed by atoms with van der Waals surface area (Å²) in [5.41, 5.74) is 12.0. The van der Waals surface area contributed by atoms with Crippen molar-refractivity contribution in [3.8, 4) is 0 Å². The van der Waals surface area contributed by atoms with Gasteiger partial charge in [-0.2, -0.15) is 0 Å². The standard InChI is InChI=1S/C8H13N3/c9-5-4-7(10)8-3-1-2-6-11-8/h1-3,6-7H,4-5,9-10H2. The van der Waals surface area contributed by atoms with Gasteiger partial charge in [-0.05, 0) is 25.1 Å². The maximum atomic E-state index is 5.76. The van der Waals surface area contributed by atoms with Gasteiger partial charge in [0.2, 0.25) is 0 Å². The monoisotopic (exact) mass is 151 g/mol. The van der Waals surface area contributed by atoms with E-state index in [9.17, 15) is 0 Å². The van der Waals surface area contributed by atoms with Crippen molar-refractivity contribution in [2.45, 2.75) is 12.5 Å². The van der Waals surface area contributed by atoms with Crippen molar-refractivity contribution < 1.29 is 0 Å². The van der Waals surface area contributed by atoms with Gasteiger partial charge in [0.05, 0.1) is 5.69 Å². The molecule has 0 fully saturated rings. The van der Waals surface area contributed by atoms with Crippen molar-refractivity contribution in [3.05, 3.63) is 30.1 Å². The molecule has 0 aliphatic carbocycles. The fraction of sp³-hybridized carbons (Fsp3) is 0.375. The molecule has 1 aromatic heterocycles. The van der Waals surface area contributed by atoms with Crippen molar-refractivity contribution >= 4 is 0 Å². The summed E-state index contributed by atoms with van der Waals surface area (Å²) in [5.74, 6) is 0. The van der Waals surface area contributed by atoms with E-state index in [1.807, 2.05) is 18.2 Å². The van der Waals surface area contributed by atoms with Crippen molar-refractivity contribution in [2.24, 2.45) is 11.5 Å². The second kappa shape index (κ2) is 4.05. The summed E-state index contributed by atoms with van der Waals surface area (Å²) in [6, 6.07) is 5.71. The highest BCUT2D eigenvalue weighted by molar-refractivity contribution is 5.07. The highest BCUT2D eigenvalue weighted by atomic mass is 14.8. The lowest BCUT2D eigenvalue weighted by Gasteiger charge is -2.07. The van der Waals surface area contributed by atoms with Crippen molar-refractivity contribution in [2.75, 3.05) is 6.54 Å². The highest BCUT2D eigenvalue weighted by Crippen LogP contribution is 2.08. The van der Waals surface area contributed by atoms with Gasteiger partial charge in [0.25, 0.3) is 0 Å². The molecule has 0 radical (unpaired) electrons. The predicted octanol–water partition coefficient (Wildman–Crippen LogP) is 0.430. The Morgan fingerprint density at radius 2 is 2.27 bits per heavy atom. The lowest BCUT2D eigenvalue weighted by Crippen LogP contribution is -2.16. The van der Waals surface area contributed by atoms with E-state index in [1.54, 1.807) is 6.20 Å². The first kappa shape index (κ1) is 8.17. The third-order valence-corrected chi connectivity index (χ3v) is 1.55. The first-order valence-electron chi connectivity index (χ1n) is 3.71. The van der Waals surface area contributed by atoms with E-state index >= 15 is 0 Å². The summed E-state index contributed by atoms with van der Waals surface area (Å²) >= 11 is 0. The third-order valence-electron chi connectivity index (χ3n) is 1.55. The Balaban J connectivity index is 2.61. The summed E-state index contributed by atoms with van der Waals surface area (Å²) in [4.78, 5) is 4.12. The molecule has 0 saturated heterocycles. The fourth-order valence-electron chi connectivity index (χ4n) is 0.923. The molecule has 3 nitrogen and oxygen atoms in total. The van der Waals surface area contributed by atoms with E-state index in [0.29, 0.717) is 6.54 Å². The van der Waals surface area contributed by atoms with E-state index in [-0.39, 0.29) is 6.04 Å². The maximum Gasteiger partial charge on any atom is 0.0571 e. The Labute approximate surface area is 66.4 Å². The molecule has 11 heavy (non-hydrogen) atoms. The summed E-state index contributed by atoms with van der Waals surface area (Å²) < 4.78 is 0. The Morgan fingerprint density at radius 1 is 1.45 bits per heavy atom. The van der Waals surface area contributed by atoms with Crippen LogP contribution in [0.1, 0.15) is 18.2 Å². The summed E-state index contributed by atoms with van der Waals surface area (Å²) in [7, 11) is 0. The zero-order chi connectivity index (χ0) is 8.10. The van der Waals surface area contributed by atoms with Gasteiger partial charge in [0, 0.05) is 12.2 Å². The Kier molecular flexibility index (Phi) is 3.01. The third kappa shape index (κ3) is 2.29. The average Bonchev–Trinajstić information content (AvgIpc) is 2.07. The minimum Gasteiger partial charge on any atom is -0.330 e. The van der Waals surface area contributed by atoms with Gasteiger partial charge in [0.1, 0.15) is 0 Å². The molecule has 0 aliphatic heterocycles. The van der Waals surface area contributed by atoms with Crippen LogP contribution in [-0.4, -0.2) is 11.5 Å². The zero-order valence-corrected chi connectivity index (χ0v) is 6.40. The molecular weight excluding hydrogens is 138 g/mol. The van der Waals surface area contributed by atoms with Crippen LogP contribution >= 0.6 is 0 Å². The normalized spacial score (nSPS) is 12.9. The lowest BCUT2D eigenvalue weighted by atomic mass is 10.1. The molecule has 1 aromatic rings. The van der Waals surface area contributed by atoms with Crippen LogP contribution in [0.3, 0.4) is 0 Å². The van der Waals surface area contributed by atoms with Crippen molar-refractivity contribution in [1.29, 1.82) is 0 Å². The number of rotatable bonds is 3. The van der Waals surface area contributed by atoms with Crippen LogP contribution < -0.4 is 11.5 Å². The minimum absolute atomic E-state index is 0.0128. The number of nitrogens with zero attached hydrogens (tertiary/aromatic N) is 1. The molecule has 0 bridgehead atoms. The first-order chi connectivity index (χ1) is 5.34. The molecule has 0 spiro atoms. The molecule has 1 unspecified atom stereocenters. The first-order valence-corrected chi connectivity index (χ1v) is 3.71. The molecule has 1 rings (SSSR count). The lowest BCUT2D eigenvalue weighted by molar-refractivity contribution is 0.643. The Hall–Kier alpha value is -0.930. The number of hydrogen-bond acceptors (Lipinski definition) is 3. The number of hydrogen-bond donors (Lipinski definition) is 2. The number of aromatic nitrogens is 1. The molecular formula is C8H13N3. The molecule has 1 atom stereocenters. The molecule has 0 aliphatic rings. The molecule has 60 valence electrons. The maximum absolute atomic E-state index is 5.76. The quantitative estimate of drug-likeness (QED) is 0.658. The average molecular weight is 151 g/mol. The summed E-state index contributed by atoms with van der Waals surface area (Å²) in [6.07, 6.45) is 2.53. The molecule has 1 heterocycles. The number of pyridine rings is 1. The van der Waals surface area contributed by atoms with E-state index in [2.05, 4.69) is 4.98 Å². The van der Waals surface area contributed by atoms with Crippen LogP contribution in [0.25, 0.3) is 0 Å². The predicted molar refractivity (Wildman–Crippen MR) is 44.8 cm³/mol. The van der Waals surface area contributed by atoms with E-state index in [4.69, 9.17) is 11.5 Å². The van der Waals surface area contributed by atoms with Crippen molar-refractivity contribution in [3.63, 3.8) is 0 Å². The second-order valence-corrected chi connectivity index (χ2v) is 2.44. The summed E-state index contributed by atoms with van der Waals surface area (Å²) in [6.45, 7) is 0.609. The topological polar surface area (TPSA) is 64.9 Å². The van der Waals surface area contributed by atoms with Gasteiger partial charge in [-0.1, -0.05) is 6.07 Å². The highest BCUT2D eigenvalue weighted by Gasteiger charge is 2.03. The summed E-state index contributed by atoms with van der Waals surface area (Å²) in [5, 5.41) is 0. The molecule has 0 saturated carbocycles. The van der Waals surface area contributed by atoms with Crippen LogP contribution in [0.5, 0.6) is 0 Å².